The fourth-order valence-electron chi connectivity index (χ4n) is 2.42. The Bertz CT molecular complexity index is 582. The highest BCUT2D eigenvalue weighted by Gasteiger charge is 2.45. The van der Waals surface area contributed by atoms with Gasteiger partial charge >= 0.3 is 5.97 Å². The molecule has 0 spiro atoms. The van der Waals surface area contributed by atoms with Gasteiger partial charge < -0.3 is 5.11 Å². The topological polar surface area (TPSA) is 80.7 Å². The summed E-state index contributed by atoms with van der Waals surface area (Å²) in [5, 5.41) is 9.35. The van der Waals surface area contributed by atoms with Crippen LogP contribution in [0.25, 0.3) is 0 Å². The van der Waals surface area contributed by atoms with E-state index in [9.17, 15) is 18.3 Å². The number of rotatable bonds is 4. The molecular weight excluding hydrogens is 280 g/mol. The quantitative estimate of drug-likeness (QED) is 0.864. The summed E-state index contributed by atoms with van der Waals surface area (Å²) in [5.41, 5.74) is -0.684. The van der Waals surface area contributed by atoms with Gasteiger partial charge in [0.25, 0.3) is 10.1 Å². The van der Waals surface area contributed by atoms with Crippen LogP contribution in [0.3, 0.4) is 0 Å². The summed E-state index contributed by atoms with van der Waals surface area (Å²) in [6, 6.07) is 6.18. The number of benzene rings is 1. The second kappa shape index (κ2) is 5.54. The average Bonchev–Trinajstić information content (AvgIpc) is 2.39. The number of hydrogen-bond donors (Lipinski definition) is 1. The smallest absolute Gasteiger partial charge is 0.337 e. The summed E-state index contributed by atoms with van der Waals surface area (Å²) in [6.07, 6.45) is 2.69. The molecule has 1 aromatic rings. The number of hydrogen-bond acceptors (Lipinski definition) is 4. The van der Waals surface area contributed by atoms with Crippen molar-refractivity contribution in [2.75, 3.05) is 0 Å². The zero-order chi connectivity index (χ0) is 14.8. The molecule has 0 aromatic heterocycles. The first-order valence-electron chi connectivity index (χ1n) is 6.61. The van der Waals surface area contributed by atoms with E-state index in [4.69, 9.17) is 4.18 Å². The van der Waals surface area contributed by atoms with Crippen molar-refractivity contribution >= 4 is 16.1 Å². The van der Waals surface area contributed by atoms with Crippen LogP contribution in [0.4, 0.5) is 0 Å². The van der Waals surface area contributed by atoms with Crippen LogP contribution in [-0.4, -0.2) is 25.1 Å². The Hall–Kier alpha value is -1.40. The molecule has 0 unspecified atom stereocenters. The molecule has 0 heterocycles. The van der Waals surface area contributed by atoms with Crippen molar-refractivity contribution in [2.45, 2.75) is 49.5 Å². The van der Waals surface area contributed by atoms with Gasteiger partial charge in [-0.1, -0.05) is 24.1 Å². The molecular formula is C14H18O5S. The van der Waals surface area contributed by atoms with E-state index in [1.165, 1.54) is 12.1 Å². The first-order chi connectivity index (χ1) is 9.36. The van der Waals surface area contributed by atoms with Gasteiger partial charge in [0.1, 0.15) is 0 Å². The molecule has 6 heteroatoms. The highest BCUT2D eigenvalue weighted by Crippen LogP contribution is 2.35. The van der Waals surface area contributed by atoms with Crippen molar-refractivity contribution in [1.29, 1.82) is 0 Å². The van der Waals surface area contributed by atoms with E-state index >= 15 is 0 Å². The van der Waals surface area contributed by atoms with Crippen LogP contribution >= 0.6 is 0 Å². The lowest BCUT2D eigenvalue weighted by atomic mass is 9.85. The van der Waals surface area contributed by atoms with Crippen molar-refractivity contribution < 1.29 is 22.5 Å². The van der Waals surface area contributed by atoms with E-state index in [-0.39, 0.29) is 17.7 Å². The van der Waals surface area contributed by atoms with Crippen LogP contribution in [-0.2, 0) is 19.1 Å². The minimum Gasteiger partial charge on any atom is -0.479 e. The highest BCUT2D eigenvalue weighted by molar-refractivity contribution is 7.86. The van der Waals surface area contributed by atoms with Gasteiger partial charge in [-0.15, -0.1) is 0 Å². The first-order valence-corrected chi connectivity index (χ1v) is 8.02. The zero-order valence-electron chi connectivity index (χ0n) is 11.3. The molecule has 0 amide bonds. The molecule has 20 heavy (non-hydrogen) atoms. The Balaban J connectivity index is 2.30. The van der Waals surface area contributed by atoms with E-state index in [1.54, 1.807) is 12.1 Å². The number of carboxylic acid groups (broad SMARTS) is 1. The lowest BCUT2D eigenvalue weighted by molar-refractivity contribution is -0.157. The minimum atomic E-state index is -4.06. The summed E-state index contributed by atoms with van der Waals surface area (Å²) >= 11 is 0. The van der Waals surface area contributed by atoms with Gasteiger partial charge in [-0.3, -0.25) is 0 Å². The second-order valence-corrected chi connectivity index (χ2v) is 6.76. The maximum atomic E-state index is 12.2. The molecule has 0 saturated heterocycles. The summed E-state index contributed by atoms with van der Waals surface area (Å²) in [4.78, 5) is 11.4. The van der Waals surface area contributed by atoms with E-state index in [0.717, 1.165) is 12.0 Å². The van der Waals surface area contributed by atoms with Crippen molar-refractivity contribution in [3.05, 3.63) is 29.8 Å². The van der Waals surface area contributed by atoms with Crippen LogP contribution in [0.1, 0.15) is 37.7 Å². The van der Waals surface area contributed by atoms with Gasteiger partial charge in [0, 0.05) is 0 Å². The van der Waals surface area contributed by atoms with Crippen LogP contribution in [0, 0.1) is 6.92 Å². The van der Waals surface area contributed by atoms with Crippen LogP contribution in [0.5, 0.6) is 0 Å². The zero-order valence-corrected chi connectivity index (χ0v) is 12.1. The predicted octanol–water partition coefficient (Wildman–Crippen LogP) is 2.49. The Morgan fingerprint density at radius 2 is 1.70 bits per heavy atom. The molecule has 0 atom stereocenters. The molecule has 1 aliphatic rings. The number of aryl methyl sites for hydroxylation is 1. The summed E-state index contributed by atoms with van der Waals surface area (Å²) in [6.45, 7) is 1.84. The molecule has 2 rings (SSSR count). The molecule has 0 bridgehead atoms. The largest absolute Gasteiger partial charge is 0.479 e. The Morgan fingerprint density at radius 1 is 1.15 bits per heavy atom. The van der Waals surface area contributed by atoms with Gasteiger partial charge in [-0.05, 0) is 44.7 Å². The molecule has 1 N–H and O–H groups in total. The molecule has 5 nitrogen and oxygen atoms in total. The number of carboxylic acids is 1. The van der Waals surface area contributed by atoms with Gasteiger partial charge in [0.15, 0.2) is 5.60 Å². The fraction of sp³-hybridized carbons (Fsp3) is 0.500. The standard InChI is InChI=1S/C14H18O5S/c1-11-5-7-12(8-6-11)20(17,18)19-14(13(15)16)9-3-2-4-10-14/h5-8H,2-4,9-10H2,1H3,(H,15,16). The summed E-state index contributed by atoms with van der Waals surface area (Å²) < 4.78 is 29.6. The van der Waals surface area contributed by atoms with Gasteiger partial charge in [0.05, 0.1) is 4.90 Å². The average molecular weight is 298 g/mol. The van der Waals surface area contributed by atoms with Crippen LogP contribution in [0.15, 0.2) is 29.2 Å². The predicted molar refractivity (Wildman–Crippen MR) is 72.9 cm³/mol. The van der Waals surface area contributed by atoms with Crippen molar-refractivity contribution in [1.82, 2.24) is 0 Å². The SMILES string of the molecule is Cc1ccc(S(=O)(=O)OC2(C(=O)O)CCCCC2)cc1. The Kier molecular flexibility index (Phi) is 4.15. The molecule has 1 aromatic carbocycles. The molecule has 1 fully saturated rings. The van der Waals surface area contributed by atoms with Gasteiger partial charge in [-0.25, -0.2) is 8.98 Å². The molecule has 0 radical (unpaired) electrons. The maximum Gasteiger partial charge on any atom is 0.337 e. The first kappa shape index (κ1) is 15.0. The number of aliphatic carboxylic acids is 1. The van der Waals surface area contributed by atoms with Crippen LogP contribution < -0.4 is 0 Å². The van der Waals surface area contributed by atoms with Crippen molar-refractivity contribution in [2.24, 2.45) is 0 Å². The van der Waals surface area contributed by atoms with Crippen molar-refractivity contribution in [3.63, 3.8) is 0 Å². The molecule has 1 aliphatic carbocycles. The normalized spacial score (nSPS) is 18.6. The third kappa shape index (κ3) is 3.02. The summed E-state index contributed by atoms with van der Waals surface area (Å²) in [7, 11) is -4.06. The second-order valence-electron chi connectivity index (χ2n) is 5.21. The van der Waals surface area contributed by atoms with E-state index < -0.39 is 21.7 Å². The lowest BCUT2D eigenvalue weighted by Gasteiger charge is -2.32. The molecule has 110 valence electrons. The maximum absolute atomic E-state index is 12.2. The molecule has 0 aliphatic heterocycles. The highest BCUT2D eigenvalue weighted by atomic mass is 32.2. The number of carbonyl (C=O) groups is 1. The van der Waals surface area contributed by atoms with E-state index in [2.05, 4.69) is 0 Å². The van der Waals surface area contributed by atoms with E-state index in [0.29, 0.717) is 12.8 Å². The van der Waals surface area contributed by atoms with Crippen LogP contribution in [0.2, 0.25) is 0 Å². The fourth-order valence-corrected chi connectivity index (χ4v) is 3.64. The lowest BCUT2D eigenvalue weighted by Crippen LogP contribution is -2.44. The minimum absolute atomic E-state index is 0.00528. The van der Waals surface area contributed by atoms with E-state index in [1.807, 2.05) is 6.92 Å². The third-order valence-electron chi connectivity index (χ3n) is 3.63. The Morgan fingerprint density at radius 3 is 2.20 bits per heavy atom. The Labute approximate surface area is 118 Å². The molecule has 1 saturated carbocycles. The summed E-state index contributed by atoms with van der Waals surface area (Å²) in [5.74, 6) is -1.20. The third-order valence-corrected chi connectivity index (χ3v) is 5.02. The van der Waals surface area contributed by atoms with Crippen molar-refractivity contribution in [3.8, 4) is 0 Å². The van der Waals surface area contributed by atoms with Gasteiger partial charge in [0.2, 0.25) is 0 Å². The monoisotopic (exact) mass is 298 g/mol. The van der Waals surface area contributed by atoms with Gasteiger partial charge in [-0.2, -0.15) is 8.42 Å².